The predicted octanol–water partition coefficient (Wildman–Crippen LogP) is 1.79. The molecule has 0 aromatic carbocycles. The number of hydrogen-bond acceptors (Lipinski definition) is 3. The van der Waals surface area contributed by atoms with Crippen LogP contribution in [0, 0.1) is 5.82 Å². The minimum absolute atomic E-state index is 0.165. The highest BCUT2D eigenvalue weighted by Gasteiger charge is 2.25. The van der Waals surface area contributed by atoms with E-state index in [-0.39, 0.29) is 5.82 Å². The first-order valence-corrected chi connectivity index (χ1v) is 4.50. The Morgan fingerprint density at radius 2 is 2.21 bits per heavy atom. The summed E-state index contributed by atoms with van der Waals surface area (Å²) in [6, 6.07) is 2.85. The molecular formula is C10H15FN2O. The normalized spacial score (nSPS) is 13.8. The molecule has 1 heterocycles. The molecule has 1 aromatic heterocycles. The molecule has 0 amide bonds. The summed E-state index contributed by atoms with van der Waals surface area (Å²) in [4.78, 5) is 3.85. The first-order valence-electron chi connectivity index (χ1n) is 4.50. The van der Waals surface area contributed by atoms with E-state index in [0.29, 0.717) is 0 Å². The second kappa shape index (κ2) is 3.92. The van der Waals surface area contributed by atoms with E-state index in [0.717, 1.165) is 0 Å². The SMILES string of the molecule is CC(O)C(C)(C)Nc1ncccc1F. The molecular weight excluding hydrogens is 183 g/mol. The lowest BCUT2D eigenvalue weighted by molar-refractivity contribution is 0.132. The molecule has 0 aliphatic carbocycles. The van der Waals surface area contributed by atoms with Crippen LogP contribution in [-0.2, 0) is 0 Å². The molecule has 1 rings (SSSR count). The molecule has 0 fully saturated rings. The number of hydrogen-bond donors (Lipinski definition) is 2. The van der Waals surface area contributed by atoms with Gasteiger partial charge in [0.2, 0.25) is 0 Å². The number of aliphatic hydroxyl groups is 1. The molecule has 0 spiro atoms. The summed E-state index contributed by atoms with van der Waals surface area (Å²) in [7, 11) is 0. The fraction of sp³-hybridized carbons (Fsp3) is 0.500. The van der Waals surface area contributed by atoms with Gasteiger partial charge in [-0.25, -0.2) is 9.37 Å². The van der Waals surface area contributed by atoms with Gasteiger partial charge in [0.1, 0.15) is 0 Å². The van der Waals surface area contributed by atoms with E-state index in [1.54, 1.807) is 20.8 Å². The summed E-state index contributed by atoms with van der Waals surface area (Å²) in [5.74, 6) is -0.250. The van der Waals surface area contributed by atoms with Crippen LogP contribution in [0.5, 0.6) is 0 Å². The highest BCUT2D eigenvalue weighted by molar-refractivity contribution is 5.38. The van der Waals surface area contributed by atoms with Gasteiger partial charge in [-0.2, -0.15) is 0 Å². The molecule has 0 radical (unpaired) electrons. The van der Waals surface area contributed by atoms with E-state index >= 15 is 0 Å². The van der Waals surface area contributed by atoms with Gasteiger partial charge in [0, 0.05) is 6.20 Å². The summed E-state index contributed by atoms with van der Waals surface area (Å²) in [6.45, 7) is 5.21. The van der Waals surface area contributed by atoms with Crippen LogP contribution >= 0.6 is 0 Å². The highest BCUT2D eigenvalue weighted by Crippen LogP contribution is 2.18. The largest absolute Gasteiger partial charge is 0.391 e. The smallest absolute Gasteiger partial charge is 0.165 e. The predicted molar refractivity (Wildman–Crippen MR) is 53.6 cm³/mol. The summed E-state index contributed by atoms with van der Waals surface area (Å²) >= 11 is 0. The molecule has 0 aliphatic rings. The molecule has 2 N–H and O–H groups in total. The van der Waals surface area contributed by atoms with Crippen LogP contribution in [0.2, 0.25) is 0 Å². The van der Waals surface area contributed by atoms with Crippen molar-refractivity contribution < 1.29 is 9.50 Å². The maximum Gasteiger partial charge on any atom is 0.165 e. The molecule has 4 heteroatoms. The van der Waals surface area contributed by atoms with Crippen molar-refractivity contribution in [2.75, 3.05) is 5.32 Å². The molecule has 3 nitrogen and oxygen atoms in total. The number of rotatable bonds is 3. The average molecular weight is 198 g/mol. The Balaban J connectivity index is 2.84. The summed E-state index contributed by atoms with van der Waals surface area (Å²) < 4.78 is 13.2. The van der Waals surface area contributed by atoms with Gasteiger partial charge in [-0.1, -0.05) is 0 Å². The quantitative estimate of drug-likeness (QED) is 0.778. The van der Waals surface area contributed by atoms with E-state index in [4.69, 9.17) is 0 Å². The van der Waals surface area contributed by atoms with Crippen LogP contribution < -0.4 is 5.32 Å². The molecule has 0 saturated heterocycles. The average Bonchev–Trinajstić information content (AvgIpc) is 2.08. The fourth-order valence-corrected chi connectivity index (χ4v) is 0.887. The van der Waals surface area contributed by atoms with E-state index in [1.165, 1.54) is 18.3 Å². The fourth-order valence-electron chi connectivity index (χ4n) is 0.887. The van der Waals surface area contributed by atoms with Crippen LogP contribution in [0.4, 0.5) is 10.2 Å². The van der Waals surface area contributed by atoms with Crippen molar-refractivity contribution >= 4 is 5.82 Å². The number of halogens is 1. The molecule has 1 atom stereocenters. The number of nitrogens with one attached hydrogen (secondary N) is 1. The second-order valence-corrected chi connectivity index (χ2v) is 3.86. The standard InChI is InChI=1S/C10H15FN2O/c1-7(14)10(2,3)13-9-8(11)5-4-6-12-9/h4-7,14H,1-3H3,(H,12,13). The van der Waals surface area contributed by atoms with Crippen molar-refractivity contribution in [2.24, 2.45) is 0 Å². The molecule has 1 aromatic rings. The van der Waals surface area contributed by atoms with Gasteiger partial charge in [0.05, 0.1) is 11.6 Å². The van der Waals surface area contributed by atoms with Gasteiger partial charge in [-0.15, -0.1) is 0 Å². The van der Waals surface area contributed by atoms with Crippen molar-refractivity contribution in [2.45, 2.75) is 32.4 Å². The first-order chi connectivity index (χ1) is 6.43. The monoisotopic (exact) mass is 198 g/mol. The van der Waals surface area contributed by atoms with E-state index in [2.05, 4.69) is 10.3 Å². The van der Waals surface area contributed by atoms with Crippen molar-refractivity contribution in [1.29, 1.82) is 0 Å². The Bertz CT molecular complexity index is 313. The third-order valence-electron chi connectivity index (χ3n) is 2.24. The lowest BCUT2D eigenvalue weighted by atomic mass is 9.99. The number of aromatic nitrogens is 1. The summed E-state index contributed by atoms with van der Waals surface area (Å²) in [6.07, 6.45) is 0.910. The summed E-state index contributed by atoms with van der Waals surface area (Å²) in [5, 5.41) is 12.3. The van der Waals surface area contributed by atoms with Gasteiger partial charge >= 0.3 is 0 Å². The Hall–Kier alpha value is -1.16. The zero-order valence-corrected chi connectivity index (χ0v) is 8.58. The lowest BCUT2D eigenvalue weighted by Crippen LogP contribution is -2.42. The Labute approximate surface area is 83.0 Å². The Morgan fingerprint density at radius 3 is 2.71 bits per heavy atom. The Kier molecular flexibility index (Phi) is 3.06. The minimum atomic E-state index is -0.602. The van der Waals surface area contributed by atoms with E-state index in [9.17, 15) is 9.50 Å². The van der Waals surface area contributed by atoms with Gasteiger partial charge in [-0.3, -0.25) is 0 Å². The number of pyridine rings is 1. The van der Waals surface area contributed by atoms with Crippen LogP contribution in [0.15, 0.2) is 18.3 Å². The van der Waals surface area contributed by atoms with E-state index < -0.39 is 17.5 Å². The minimum Gasteiger partial charge on any atom is -0.391 e. The molecule has 0 aliphatic heterocycles. The van der Waals surface area contributed by atoms with Crippen LogP contribution in [0.1, 0.15) is 20.8 Å². The van der Waals surface area contributed by atoms with Gasteiger partial charge in [0.25, 0.3) is 0 Å². The zero-order valence-electron chi connectivity index (χ0n) is 8.58. The third kappa shape index (κ3) is 2.42. The zero-order chi connectivity index (χ0) is 10.8. The number of aliphatic hydroxyl groups excluding tert-OH is 1. The van der Waals surface area contributed by atoms with Crippen molar-refractivity contribution in [3.63, 3.8) is 0 Å². The van der Waals surface area contributed by atoms with Crippen molar-refractivity contribution in [3.05, 3.63) is 24.1 Å². The van der Waals surface area contributed by atoms with Crippen LogP contribution in [-0.4, -0.2) is 21.7 Å². The third-order valence-corrected chi connectivity index (χ3v) is 2.24. The number of anilines is 1. The van der Waals surface area contributed by atoms with Gasteiger partial charge in [-0.05, 0) is 32.9 Å². The highest BCUT2D eigenvalue weighted by atomic mass is 19.1. The van der Waals surface area contributed by atoms with Crippen molar-refractivity contribution in [1.82, 2.24) is 4.98 Å². The van der Waals surface area contributed by atoms with Gasteiger partial charge in [0.15, 0.2) is 11.6 Å². The van der Waals surface area contributed by atoms with E-state index in [1.807, 2.05) is 0 Å². The van der Waals surface area contributed by atoms with Gasteiger partial charge < -0.3 is 10.4 Å². The van der Waals surface area contributed by atoms with Crippen LogP contribution in [0.3, 0.4) is 0 Å². The maximum absolute atomic E-state index is 13.2. The first kappa shape index (κ1) is 10.9. The molecule has 0 saturated carbocycles. The molecule has 1 unspecified atom stereocenters. The van der Waals surface area contributed by atoms with Crippen LogP contribution in [0.25, 0.3) is 0 Å². The Morgan fingerprint density at radius 1 is 1.57 bits per heavy atom. The lowest BCUT2D eigenvalue weighted by Gasteiger charge is -2.29. The summed E-state index contributed by atoms with van der Waals surface area (Å²) in [5.41, 5.74) is -0.602. The topological polar surface area (TPSA) is 45.1 Å². The van der Waals surface area contributed by atoms with Crippen molar-refractivity contribution in [3.8, 4) is 0 Å². The molecule has 78 valence electrons. The molecule has 0 bridgehead atoms. The second-order valence-electron chi connectivity index (χ2n) is 3.86. The molecule has 14 heavy (non-hydrogen) atoms. The maximum atomic E-state index is 13.2. The number of nitrogens with zero attached hydrogens (tertiary/aromatic N) is 1.